The first-order valence-electron chi connectivity index (χ1n) is 6.32. The van der Waals surface area contributed by atoms with Gasteiger partial charge < -0.3 is 10.6 Å². The summed E-state index contributed by atoms with van der Waals surface area (Å²) in [6.07, 6.45) is 7.44. The molecule has 0 unspecified atom stereocenters. The van der Waals surface area contributed by atoms with E-state index in [1.165, 1.54) is 32.1 Å². The lowest BCUT2D eigenvalue weighted by molar-refractivity contribution is -0.122. The van der Waals surface area contributed by atoms with E-state index in [2.05, 4.69) is 10.6 Å². The maximum absolute atomic E-state index is 11.6. The van der Waals surface area contributed by atoms with Gasteiger partial charge in [-0.2, -0.15) is 0 Å². The molecule has 0 atom stereocenters. The summed E-state index contributed by atoms with van der Waals surface area (Å²) in [6.45, 7) is 2.96. The lowest BCUT2D eigenvalue weighted by atomic mass is 9.89. The Balaban J connectivity index is 1.57. The first kappa shape index (κ1) is 10.9. The summed E-state index contributed by atoms with van der Waals surface area (Å²) >= 11 is 0. The highest BCUT2D eigenvalue weighted by molar-refractivity contribution is 5.76. The van der Waals surface area contributed by atoms with E-state index in [1.807, 2.05) is 0 Å². The largest absolute Gasteiger partial charge is 0.356 e. The van der Waals surface area contributed by atoms with Crippen LogP contribution in [0.3, 0.4) is 0 Å². The molecule has 0 aromatic heterocycles. The quantitative estimate of drug-likeness (QED) is 0.734. The number of hydrogen-bond donors (Lipinski definition) is 2. The van der Waals surface area contributed by atoms with Gasteiger partial charge >= 0.3 is 0 Å². The van der Waals surface area contributed by atoms with Crippen molar-refractivity contribution in [1.82, 2.24) is 10.6 Å². The fourth-order valence-corrected chi connectivity index (χ4v) is 2.48. The van der Waals surface area contributed by atoms with Gasteiger partial charge in [0.15, 0.2) is 0 Å². The minimum Gasteiger partial charge on any atom is -0.356 e. The molecule has 3 heteroatoms. The van der Waals surface area contributed by atoms with E-state index >= 15 is 0 Å². The second-order valence-electron chi connectivity index (χ2n) is 5.04. The van der Waals surface area contributed by atoms with Crippen LogP contribution in [0.1, 0.15) is 38.5 Å². The maximum atomic E-state index is 11.6. The minimum atomic E-state index is 0.257. The Morgan fingerprint density at radius 3 is 2.47 bits per heavy atom. The predicted octanol–water partition coefficient (Wildman–Crippen LogP) is 1.29. The second-order valence-corrected chi connectivity index (χ2v) is 5.04. The summed E-state index contributed by atoms with van der Waals surface area (Å²) in [6, 6.07) is 0. The van der Waals surface area contributed by atoms with Crippen LogP contribution in [-0.2, 0) is 4.79 Å². The van der Waals surface area contributed by atoms with Crippen molar-refractivity contribution in [2.24, 2.45) is 11.8 Å². The first-order valence-corrected chi connectivity index (χ1v) is 6.32. The molecule has 1 heterocycles. The van der Waals surface area contributed by atoms with Crippen LogP contribution in [-0.4, -0.2) is 25.5 Å². The third kappa shape index (κ3) is 3.49. The van der Waals surface area contributed by atoms with Gasteiger partial charge in [-0.15, -0.1) is 0 Å². The standard InChI is InChI=1S/C12H22N2O/c15-12(6-11-7-13-8-11)14-9-10-4-2-1-3-5-10/h10-11,13H,1-9H2,(H,14,15). The van der Waals surface area contributed by atoms with Crippen molar-refractivity contribution < 1.29 is 4.79 Å². The van der Waals surface area contributed by atoms with E-state index < -0.39 is 0 Å². The molecule has 2 fully saturated rings. The lowest BCUT2D eigenvalue weighted by Crippen LogP contribution is -2.45. The number of carbonyl (C=O) groups is 1. The highest BCUT2D eigenvalue weighted by Gasteiger charge is 2.20. The number of hydrogen-bond acceptors (Lipinski definition) is 2. The van der Waals surface area contributed by atoms with Gasteiger partial charge in [-0.05, 0) is 37.8 Å². The second kappa shape index (κ2) is 5.50. The number of amides is 1. The topological polar surface area (TPSA) is 41.1 Å². The van der Waals surface area contributed by atoms with E-state index in [-0.39, 0.29) is 5.91 Å². The van der Waals surface area contributed by atoms with Gasteiger partial charge in [0.1, 0.15) is 0 Å². The summed E-state index contributed by atoms with van der Waals surface area (Å²) in [5, 5.41) is 6.28. The van der Waals surface area contributed by atoms with E-state index in [9.17, 15) is 4.79 Å². The molecule has 1 amide bonds. The van der Waals surface area contributed by atoms with Crippen molar-refractivity contribution in [3.8, 4) is 0 Å². The molecule has 0 radical (unpaired) electrons. The van der Waals surface area contributed by atoms with Crippen molar-refractivity contribution in [3.05, 3.63) is 0 Å². The average Bonchev–Trinajstić information content (AvgIpc) is 2.22. The summed E-state index contributed by atoms with van der Waals surface area (Å²) in [4.78, 5) is 11.6. The van der Waals surface area contributed by atoms with Gasteiger partial charge in [0, 0.05) is 13.0 Å². The molecule has 2 N–H and O–H groups in total. The molecule has 2 aliphatic rings. The molecule has 3 nitrogen and oxygen atoms in total. The minimum absolute atomic E-state index is 0.257. The molecular weight excluding hydrogens is 188 g/mol. The Bertz CT molecular complexity index is 208. The van der Waals surface area contributed by atoms with Gasteiger partial charge in [0.2, 0.25) is 5.91 Å². The highest BCUT2D eigenvalue weighted by Crippen LogP contribution is 2.22. The maximum Gasteiger partial charge on any atom is 0.220 e. The van der Waals surface area contributed by atoms with Crippen LogP contribution >= 0.6 is 0 Å². The Labute approximate surface area is 92.0 Å². The van der Waals surface area contributed by atoms with Crippen LogP contribution < -0.4 is 10.6 Å². The third-order valence-electron chi connectivity index (χ3n) is 3.65. The van der Waals surface area contributed by atoms with Gasteiger partial charge in [-0.1, -0.05) is 19.3 Å². The van der Waals surface area contributed by atoms with Crippen molar-refractivity contribution in [2.75, 3.05) is 19.6 Å². The zero-order valence-electron chi connectivity index (χ0n) is 9.43. The summed E-state index contributed by atoms with van der Waals surface area (Å²) in [5.41, 5.74) is 0. The zero-order valence-corrected chi connectivity index (χ0v) is 9.43. The number of carbonyl (C=O) groups excluding carboxylic acids is 1. The van der Waals surface area contributed by atoms with Gasteiger partial charge in [-0.3, -0.25) is 4.79 Å². The molecule has 2 rings (SSSR count). The molecule has 0 spiro atoms. The van der Waals surface area contributed by atoms with Crippen molar-refractivity contribution in [2.45, 2.75) is 38.5 Å². The van der Waals surface area contributed by atoms with Crippen LogP contribution in [0.5, 0.6) is 0 Å². The van der Waals surface area contributed by atoms with E-state index in [4.69, 9.17) is 0 Å². The van der Waals surface area contributed by atoms with E-state index in [0.717, 1.165) is 32.0 Å². The zero-order chi connectivity index (χ0) is 10.5. The predicted molar refractivity (Wildman–Crippen MR) is 60.6 cm³/mol. The van der Waals surface area contributed by atoms with Gasteiger partial charge in [-0.25, -0.2) is 0 Å². The fourth-order valence-electron chi connectivity index (χ4n) is 2.48. The van der Waals surface area contributed by atoms with Crippen molar-refractivity contribution in [1.29, 1.82) is 0 Å². The monoisotopic (exact) mass is 210 g/mol. The molecule has 0 bridgehead atoms. The Kier molecular flexibility index (Phi) is 4.01. The van der Waals surface area contributed by atoms with E-state index in [0.29, 0.717) is 5.92 Å². The average molecular weight is 210 g/mol. The van der Waals surface area contributed by atoms with Crippen LogP contribution in [0.25, 0.3) is 0 Å². The molecule has 1 aliphatic heterocycles. The molecule has 0 aromatic rings. The van der Waals surface area contributed by atoms with Gasteiger partial charge in [0.05, 0.1) is 0 Å². The third-order valence-corrected chi connectivity index (χ3v) is 3.65. The van der Waals surface area contributed by atoms with Crippen molar-refractivity contribution >= 4 is 5.91 Å². The SMILES string of the molecule is O=C(CC1CNC1)NCC1CCCCC1. The van der Waals surface area contributed by atoms with Crippen LogP contribution in [0.4, 0.5) is 0 Å². The van der Waals surface area contributed by atoms with Gasteiger partial charge in [0.25, 0.3) is 0 Å². The van der Waals surface area contributed by atoms with E-state index in [1.54, 1.807) is 0 Å². The fraction of sp³-hybridized carbons (Fsp3) is 0.917. The molecule has 1 aliphatic carbocycles. The molecular formula is C12H22N2O. The molecule has 0 aromatic carbocycles. The van der Waals surface area contributed by atoms with Crippen LogP contribution in [0, 0.1) is 11.8 Å². The first-order chi connectivity index (χ1) is 7.34. The Morgan fingerprint density at radius 1 is 1.13 bits per heavy atom. The van der Waals surface area contributed by atoms with Crippen LogP contribution in [0.15, 0.2) is 0 Å². The number of rotatable bonds is 4. The smallest absolute Gasteiger partial charge is 0.220 e. The summed E-state index contributed by atoms with van der Waals surface area (Å²) in [5.74, 6) is 1.60. The van der Waals surface area contributed by atoms with Crippen LogP contribution in [0.2, 0.25) is 0 Å². The molecule has 86 valence electrons. The normalized spacial score (nSPS) is 23.5. The Morgan fingerprint density at radius 2 is 1.87 bits per heavy atom. The molecule has 1 saturated carbocycles. The molecule has 1 saturated heterocycles. The Hall–Kier alpha value is -0.570. The van der Waals surface area contributed by atoms with Crippen molar-refractivity contribution in [3.63, 3.8) is 0 Å². The number of nitrogens with one attached hydrogen (secondary N) is 2. The highest BCUT2D eigenvalue weighted by atomic mass is 16.1. The summed E-state index contributed by atoms with van der Waals surface area (Å²) in [7, 11) is 0. The lowest BCUT2D eigenvalue weighted by Gasteiger charge is -2.27. The molecule has 15 heavy (non-hydrogen) atoms. The summed E-state index contributed by atoms with van der Waals surface area (Å²) < 4.78 is 0.